The number of tetrazole rings is 1. The van der Waals surface area contributed by atoms with Gasteiger partial charge in [-0.3, -0.25) is 5.10 Å². The van der Waals surface area contributed by atoms with Gasteiger partial charge in [0.15, 0.2) is 0 Å². The number of thiophene rings is 1. The number of nitrogens with two attached hydrogens (primary N) is 1. The number of aromatic nitrogens is 6. The Balaban J connectivity index is 1.65. The van der Waals surface area contributed by atoms with E-state index in [4.69, 9.17) is 10.5 Å². The zero-order chi connectivity index (χ0) is 18.3. The highest BCUT2D eigenvalue weighted by Gasteiger charge is 2.35. The summed E-state index contributed by atoms with van der Waals surface area (Å²) in [4.78, 5) is 1.02. The van der Waals surface area contributed by atoms with Gasteiger partial charge >= 0.3 is 0 Å². The van der Waals surface area contributed by atoms with Gasteiger partial charge in [0.1, 0.15) is 11.6 Å². The number of allylic oxidation sites excluding steroid dienone is 1. The monoisotopic (exact) mass is 386 g/mol. The van der Waals surface area contributed by atoms with E-state index in [1.54, 1.807) is 34.8 Å². The van der Waals surface area contributed by atoms with Gasteiger partial charge in [0.25, 0.3) is 0 Å². The second-order valence-corrected chi connectivity index (χ2v) is 7.61. The number of H-pyrrole nitrogens is 1. The molecule has 0 saturated heterocycles. The molecule has 0 saturated carbocycles. The second kappa shape index (κ2) is 6.47. The number of hydrogen-bond donors (Lipinski definition) is 2. The van der Waals surface area contributed by atoms with Crippen LogP contribution < -0.4 is 10.5 Å². The van der Waals surface area contributed by atoms with Crippen molar-refractivity contribution in [3.05, 3.63) is 44.6 Å². The molecule has 1 atom stereocenters. The maximum Gasteiger partial charge on any atom is 0.244 e. The highest BCUT2D eigenvalue weighted by Crippen LogP contribution is 2.44. The lowest BCUT2D eigenvalue weighted by molar-refractivity contribution is 0.379. The van der Waals surface area contributed by atoms with E-state index in [2.05, 4.69) is 43.2 Å². The number of nitrogens with one attached hydrogen (secondary N) is 1. The van der Waals surface area contributed by atoms with Crippen LogP contribution in [0.2, 0.25) is 0 Å². The third kappa shape index (κ3) is 2.73. The fourth-order valence-corrected chi connectivity index (χ4v) is 4.71. The minimum absolute atomic E-state index is 0.103. The van der Waals surface area contributed by atoms with Gasteiger partial charge in [0, 0.05) is 23.4 Å². The summed E-state index contributed by atoms with van der Waals surface area (Å²) in [5, 5.41) is 30.9. The minimum atomic E-state index is -0.275. The summed E-state index contributed by atoms with van der Waals surface area (Å²) in [6.45, 7) is 1.91. The van der Waals surface area contributed by atoms with Crippen molar-refractivity contribution in [1.82, 2.24) is 30.4 Å². The van der Waals surface area contributed by atoms with Crippen LogP contribution in [0.3, 0.4) is 0 Å². The van der Waals surface area contributed by atoms with E-state index in [-0.39, 0.29) is 11.8 Å². The predicted octanol–water partition coefficient (Wildman–Crippen LogP) is 1.81. The standard InChI is InChI=1S/C15H14N8OS2/c1-7-11-12(9(4-16)13(17)24-14(11)19-18-7)10-3-8(5-25-10)6-26-15-20-21-22-23(15)2/h3,5,12H,6,17H2,1-2H3,(H,18,19)/t12-/m1/s1. The van der Waals surface area contributed by atoms with Gasteiger partial charge in [0.05, 0.1) is 11.5 Å². The normalized spacial score (nSPS) is 16.3. The van der Waals surface area contributed by atoms with Gasteiger partial charge in [-0.15, -0.1) is 21.5 Å². The molecule has 1 aliphatic rings. The van der Waals surface area contributed by atoms with Crippen molar-refractivity contribution in [3.63, 3.8) is 0 Å². The first-order valence-corrected chi connectivity index (χ1v) is 9.50. The van der Waals surface area contributed by atoms with Crippen LogP contribution in [-0.2, 0) is 12.8 Å². The molecule has 0 spiro atoms. The first kappa shape index (κ1) is 16.6. The summed E-state index contributed by atoms with van der Waals surface area (Å²) in [6.07, 6.45) is 0. The Morgan fingerprint density at radius 2 is 2.38 bits per heavy atom. The first-order valence-electron chi connectivity index (χ1n) is 7.63. The zero-order valence-corrected chi connectivity index (χ0v) is 15.6. The molecule has 132 valence electrons. The van der Waals surface area contributed by atoms with Gasteiger partial charge in [-0.25, -0.2) is 4.68 Å². The molecule has 11 heteroatoms. The van der Waals surface area contributed by atoms with Crippen molar-refractivity contribution in [2.24, 2.45) is 12.8 Å². The zero-order valence-electron chi connectivity index (χ0n) is 13.9. The topological polar surface area (TPSA) is 131 Å². The van der Waals surface area contributed by atoms with Gasteiger partial charge < -0.3 is 10.5 Å². The summed E-state index contributed by atoms with van der Waals surface area (Å²) < 4.78 is 7.13. The van der Waals surface area contributed by atoms with Crippen LogP contribution in [0, 0.1) is 18.3 Å². The molecule has 3 aromatic rings. The van der Waals surface area contributed by atoms with Crippen LogP contribution >= 0.6 is 23.1 Å². The number of thioether (sulfide) groups is 1. The molecule has 0 aliphatic carbocycles. The third-order valence-electron chi connectivity index (χ3n) is 4.04. The molecule has 26 heavy (non-hydrogen) atoms. The molecule has 0 unspecified atom stereocenters. The average Bonchev–Trinajstić information content (AvgIpc) is 3.33. The van der Waals surface area contributed by atoms with Crippen LogP contribution in [0.15, 0.2) is 28.1 Å². The number of ether oxygens (including phenoxy) is 1. The maximum atomic E-state index is 9.59. The van der Waals surface area contributed by atoms with E-state index in [9.17, 15) is 5.26 Å². The number of nitrogens with zero attached hydrogens (tertiary/aromatic N) is 6. The summed E-state index contributed by atoms with van der Waals surface area (Å²) in [5.41, 5.74) is 9.19. The summed E-state index contributed by atoms with van der Waals surface area (Å²) in [7, 11) is 1.80. The Kier molecular flexibility index (Phi) is 4.14. The Bertz CT molecular complexity index is 1040. The van der Waals surface area contributed by atoms with Crippen LogP contribution in [0.4, 0.5) is 0 Å². The summed E-state index contributed by atoms with van der Waals surface area (Å²) in [5.74, 6) is 0.985. The largest absolute Gasteiger partial charge is 0.420 e. The van der Waals surface area contributed by atoms with Crippen LogP contribution in [0.1, 0.15) is 27.6 Å². The molecule has 3 N–H and O–H groups in total. The molecule has 4 heterocycles. The molecule has 0 amide bonds. The number of aryl methyl sites for hydroxylation is 2. The number of nitriles is 1. The smallest absolute Gasteiger partial charge is 0.244 e. The lowest BCUT2D eigenvalue weighted by atomic mass is 9.89. The molecule has 3 aromatic heterocycles. The maximum absolute atomic E-state index is 9.59. The first-order chi connectivity index (χ1) is 12.6. The molecule has 0 aromatic carbocycles. The molecular weight excluding hydrogens is 372 g/mol. The van der Waals surface area contributed by atoms with Crippen molar-refractivity contribution >= 4 is 23.1 Å². The molecular formula is C15H14N8OS2. The van der Waals surface area contributed by atoms with Crippen LogP contribution in [-0.4, -0.2) is 30.4 Å². The van der Waals surface area contributed by atoms with Crippen LogP contribution in [0.25, 0.3) is 0 Å². The van der Waals surface area contributed by atoms with Crippen molar-refractivity contribution in [2.75, 3.05) is 0 Å². The number of rotatable bonds is 4. The van der Waals surface area contributed by atoms with Crippen molar-refractivity contribution in [2.45, 2.75) is 23.8 Å². The third-order valence-corrected chi connectivity index (χ3v) is 6.17. The summed E-state index contributed by atoms with van der Waals surface area (Å²) >= 11 is 3.14. The highest BCUT2D eigenvalue weighted by molar-refractivity contribution is 7.98. The van der Waals surface area contributed by atoms with Gasteiger partial charge in [-0.1, -0.05) is 11.8 Å². The molecule has 1 aliphatic heterocycles. The highest BCUT2D eigenvalue weighted by atomic mass is 32.2. The van der Waals surface area contributed by atoms with E-state index < -0.39 is 0 Å². The summed E-state index contributed by atoms with van der Waals surface area (Å²) in [6, 6.07) is 4.27. The van der Waals surface area contributed by atoms with Crippen molar-refractivity contribution in [1.29, 1.82) is 5.26 Å². The van der Waals surface area contributed by atoms with Gasteiger partial charge in [-0.05, 0) is 34.4 Å². The van der Waals surface area contributed by atoms with E-state index in [0.29, 0.717) is 11.5 Å². The van der Waals surface area contributed by atoms with Crippen LogP contribution in [0.5, 0.6) is 5.88 Å². The Labute approximate surface area is 156 Å². The van der Waals surface area contributed by atoms with E-state index >= 15 is 0 Å². The molecule has 9 nitrogen and oxygen atoms in total. The molecule has 4 rings (SSSR count). The molecule has 0 bridgehead atoms. The second-order valence-electron chi connectivity index (χ2n) is 5.72. The van der Waals surface area contributed by atoms with E-state index in [0.717, 1.165) is 32.6 Å². The van der Waals surface area contributed by atoms with Gasteiger partial charge in [0.2, 0.25) is 16.9 Å². The number of fused-ring (bicyclic) bond motifs is 1. The number of aromatic amines is 1. The fraction of sp³-hybridized carbons (Fsp3) is 0.267. The fourth-order valence-electron chi connectivity index (χ4n) is 2.80. The lowest BCUT2D eigenvalue weighted by Gasteiger charge is -2.22. The Morgan fingerprint density at radius 3 is 3.12 bits per heavy atom. The minimum Gasteiger partial charge on any atom is -0.420 e. The quantitative estimate of drug-likeness (QED) is 0.649. The predicted molar refractivity (Wildman–Crippen MR) is 95.3 cm³/mol. The Hall–Kier alpha value is -2.84. The Morgan fingerprint density at radius 1 is 1.54 bits per heavy atom. The van der Waals surface area contributed by atoms with Gasteiger partial charge in [-0.2, -0.15) is 5.26 Å². The molecule has 0 fully saturated rings. The number of hydrogen-bond acceptors (Lipinski definition) is 9. The van der Waals surface area contributed by atoms with E-state index in [1.807, 2.05) is 6.92 Å². The SMILES string of the molecule is Cc1[nH]nc2c1[C@@H](c1cc(CSc3nnnn3C)cs1)C(C#N)=C(N)O2. The molecule has 0 radical (unpaired) electrons. The van der Waals surface area contributed by atoms with Crippen molar-refractivity contribution < 1.29 is 4.74 Å². The average molecular weight is 386 g/mol. The van der Waals surface area contributed by atoms with E-state index in [1.165, 1.54) is 0 Å². The van der Waals surface area contributed by atoms with Crippen molar-refractivity contribution in [3.8, 4) is 11.9 Å². The lowest BCUT2D eigenvalue weighted by Crippen LogP contribution is -2.20.